The minimum atomic E-state index is -1.48. The molecule has 1 saturated heterocycles. The highest BCUT2D eigenvalue weighted by Gasteiger charge is 2.50. The number of carbonyl (C=O) groups excluding carboxylic acids is 3. The van der Waals surface area contributed by atoms with E-state index in [1.165, 1.54) is 31.2 Å². The molecule has 2 N–H and O–H groups in total. The number of nitrogens with one attached hydrogen (secondary N) is 2. The molecule has 0 bridgehead atoms. The highest BCUT2D eigenvalue weighted by atomic mass is 16.6. The molecule has 1 atom stereocenters. The van der Waals surface area contributed by atoms with Crippen LogP contribution < -0.4 is 15.5 Å². The number of non-ortho nitro benzene ring substituents is 1. The molecule has 10 heteroatoms. The van der Waals surface area contributed by atoms with Crippen molar-refractivity contribution in [2.45, 2.75) is 26.3 Å². The van der Waals surface area contributed by atoms with Gasteiger partial charge in [0.05, 0.1) is 4.92 Å². The lowest BCUT2D eigenvalue weighted by molar-refractivity contribution is -0.384. The summed E-state index contributed by atoms with van der Waals surface area (Å²) in [6.45, 7) is 4.74. The molecule has 0 saturated carbocycles. The molecule has 1 aliphatic heterocycles. The van der Waals surface area contributed by atoms with E-state index in [-0.39, 0.29) is 5.69 Å². The minimum absolute atomic E-state index is 0.145. The fourth-order valence-corrected chi connectivity index (χ4v) is 3.17. The first-order valence-electron chi connectivity index (χ1n) is 9.03. The summed E-state index contributed by atoms with van der Waals surface area (Å²) in [6.07, 6.45) is 0. The fourth-order valence-electron chi connectivity index (χ4n) is 3.17. The van der Waals surface area contributed by atoms with Crippen LogP contribution in [0.2, 0.25) is 0 Å². The number of hydrogen-bond acceptors (Lipinski definition) is 6. The van der Waals surface area contributed by atoms with Crippen LogP contribution >= 0.6 is 0 Å². The van der Waals surface area contributed by atoms with Gasteiger partial charge < -0.3 is 10.1 Å². The summed E-state index contributed by atoms with van der Waals surface area (Å²) in [6, 6.07) is 9.96. The van der Waals surface area contributed by atoms with Gasteiger partial charge in [0, 0.05) is 12.1 Å². The first-order chi connectivity index (χ1) is 14.1. The highest BCUT2D eigenvalue weighted by Crippen LogP contribution is 2.29. The summed E-state index contributed by atoms with van der Waals surface area (Å²) >= 11 is 0. The molecular formula is C20H20N4O6. The lowest BCUT2D eigenvalue weighted by Crippen LogP contribution is -2.49. The molecule has 0 radical (unpaired) electrons. The Bertz CT molecular complexity index is 1020. The molecule has 0 unspecified atom stereocenters. The van der Waals surface area contributed by atoms with E-state index in [0.29, 0.717) is 16.3 Å². The Labute approximate surface area is 171 Å². The van der Waals surface area contributed by atoms with E-state index in [1.54, 1.807) is 0 Å². The number of amides is 4. The third-order valence-electron chi connectivity index (χ3n) is 4.84. The molecule has 1 heterocycles. The average molecular weight is 412 g/mol. The van der Waals surface area contributed by atoms with Gasteiger partial charge in [-0.05, 0) is 49.6 Å². The molecule has 1 fully saturated rings. The number of rotatable bonds is 6. The molecule has 156 valence electrons. The first-order valence-corrected chi connectivity index (χ1v) is 9.03. The number of carbonyl (C=O) groups is 3. The predicted molar refractivity (Wildman–Crippen MR) is 105 cm³/mol. The van der Waals surface area contributed by atoms with Gasteiger partial charge in [-0.15, -0.1) is 0 Å². The number of para-hydroxylation sites is 1. The number of benzene rings is 2. The molecule has 0 aromatic heterocycles. The largest absolute Gasteiger partial charge is 0.483 e. The number of nitro benzene ring substituents is 1. The van der Waals surface area contributed by atoms with Gasteiger partial charge in [0.25, 0.3) is 17.5 Å². The van der Waals surface area contributed by atoms with Crippen LogP contribution in [0.5, 0.6) is 5.75 Å². The zero-order valence-corrected chi connectivity index (χ0v) is 16.6. The van der Waals surface area contributed by atoms with Crippen molar-refractivity contribution in [2.24, 2.45) is 0 Å². The number of nitro groups is 1. The number of hydrazine groups is 1. The van der Waals surface area contributed by atoms with Crippen LogP contribution in [-0.2, 0) is 15.1 Å². The lowest BCUT2D eigenvalue weighted by atomic mass is 9.92. The van der Waals surface area contributed by atoms with Crippen molar-refractivity contribution in [1.29, 1.82) is 0 Å². The van der Waals surface area contributed by atoms with Crippen LogP contribution in [0, 0.1) is 24.0 Å². The lowest BCUT2D eigenvalue weighted by Gasteiger charge is -2.22. The quantitative estimate of drug-likeness (QED) is 0.424. The Morgan fingerprint density at radius 1 is 1.17 bits per heavy atom. The molecule has 2 aromatic rings. The fraction of sp³-hybridized carbons (Fsp3) is 0.250. The van der Waals surface area contributed by atoms with Crippen molar-refractivity contribution in [3.63, 3.8) is 0 Å². The summed E-state index contributed by atoms with van der Waals surface area (Å²) in [7, 11) is 0. The monoisotopic (exact) mass is 412 g/mol. The molecular weight excluding hydrogens is 392 g/mol. The van der Waals surface area contributed by atoms with Crippen LogP contribution in [0.3, 0.4) is 0 Å². The normalized spacial score (nSPS) is 18.2. The summed E-state index contributed by atoms with van der Waals surface area (Å²) in [5, 5.41) is 13.9. The van der Waals surface area contributed by atoms with Gasteiger partial charge in [0.2, 0.25) is 0 Å². The molecule has 3 rings (SSSR count). The van der Waals surface area contributed by atoms with Crippen molar-refractivity contribution in [3.05, 3.63) is 69.3 Å². The summed E-state index contributed by atoms with van der Waals surface area (Å²) < 4.78 is 5.54. The second-order valence-electron chi connectivity index (χ2n) is 7.04. The van der Waals surface area contributed by atoms with Gasteiger partial charge >= 0.3 is 6.03 Å². The van der Waals surface area contributed by atoms with Crippen LogP contribution in [0.1, 0.15) is 23.6 Å². The van der Waals surface area contributed by atoms with E-state index in [4.69, 9.17) is 4.74 Å². The van der Waals surface area contributed by atoms with Crippen LogP contribution in [0.4, 0.5) is 10.5 Å². The number of urea groups is 1. The third-order valence-corrected chi connectivity index (χ3v) is 4.84. The minimum Gasteiger partial charge on any atom is -0.483 e. The van der Waals surface area contributed by atoms with E-state index in [1.807, 2.05) is 32.0 Å². The van der Waals surface area contributed by atoms with Gasteiger partial charge in [0.15, 0.2) is 6.61 Å². The number of imide groups is 1. The van der Waals surface area contributed by atoms with Gasteiger partial charge in [-0.2, -0.15) is 5.01 Å². The van der Waals surface area contributed by atoms with E-state index in [2.05, 4.69) is 10.7 Å². The van der Waals surface area contributed by atoms with Crippen molar-refractivity contribution in [1.82, 2.24) is 15.8 Å². The van der Waals surface area contributed by atoms with Gasteiger partial charge in [-0.1, -0.05) is 18.2 Å². The zero-order valence-electron chi connectivity index (χ0n) is 16.6. The van der Waals surface area contributed by atoms with Crippen LogP contribution in [0.25, 0.3) is 0 Å². The number of hydrogen-bond donors (Lipinski definition) is 2. The molecule has 2 aromatic carbocycles. The maximum absolute atomic E-state index is 12.8. The van der Waals surface area contributed by atoms with Crippen LogP contribution in [-0.4, -0.2) is 34.4 Å². The van der Waals surface area contributed by atoms with Crippen molar-refractivity contribution < 1.29 is 24.0 Å². The van der Waals surface area contributed by atoms with Crippen molar-refractivity contribution in [2.75, 3.05) is 6.61 Å². The Kier molecular flexibility index (Phi) is 5.41. The number of nitrogens with zero attached hydrogens (tertiary/aromatic N) is 2. The van der Waals surface area contributed by atoms with Crippen molar-refractivity contribution in [3.8, 4) is 5.75 Å². The Hall–Kier alpha value is -3.95. The molecule has 0 aliphatic carbocycles. The summed E-state index contributed by atoms with van der Waals surface area (Å²) in [5.41, 5.74) is 2.66. The molecule has 1 aliphatic rings. The maximum atomic E-state index is 12.8. The Balaban J connectivity index is 1.70. The Morgan fingerprint density at radius 3 is 2.33 bits per heavy atom. The van der Waals surface area contributed by atoms with E-state index >= 15 is 0 Å². The predicted octanol–water partition coefficient (Wildman–Crippen LogP) is 2.09. The van der Waals surface area contributed by atoms with E-state index < -0.39 is 34.9 Å². The number of aryl methyl sites for hydroxylation is 2. The molecule has 4 amide bonds. The van der Waals surface area contributed by atoms with Gasteiger partial charge in [-0.25, -0.2) is 4.79 Å². The van der Waals surface area contributed by atoms with Gasteiger partial charge in [-0.3, -0.25) is 25.1 Å². The zero-order chi connectivity index (χ0) is 22.1. The number of ether oxygens (including phenoxy) is 1. The second-order valence-corrected chi connectivity index (χ2v) is 7.04. The highest BCUT2D eigenvalue weighted by molar-refractivity contribution is 6.08. The summed E-state index contributed by atoms with van der Waals surface area (Å²) in [4.78, 5) is 47.6. The van der Waals surface area contributed by atoms with Crippen molar-refractivity contribution >= 4 is 23.5 Å². The smallest absolute Gasteiger partial charge is 0.344 e. The SMILES string of the molecule is Cc1cccc(C)c1OCC(=O)NN1C(=O)N[C@@](C)(c2ccc([N+](=O)[O-])cc2)C1=O. The molecule has 0 spiro atoms. The van der Waals surface area contributed by atoms with Crippen LogP contribution in [0.15, 0.2) is 42.5 Å². The first kappa shape index (κ1) is 20.8. The second kappa shape index (κ2) is 7.82. The molecule has 10 nitrogen and oxygen atoms in total. The topological polar surface area (TPSA) is 131 Å². The maximum Gasteiger partial charge on any atom is 0.344 e. The van der Waals surface area contributed by atoms with Gasteiger partial charge in [0.1, 0.15) is 11.3 Å². The average Bonchev–Trinajstić information content (AvgIpc) is 2.91. The van der Waals surface area contributed by atoms with E-state index in [9.17, 15) is 24.5 Å². The summed E-state index contributed by atoms with van der Waals surface area (Å²) in [5.74, 6) is -0.851. The Morgan fingerprint density at radius 2 is 1.77 bits per heavy atom. The standard InChI is InChI=1S/C20H20N4O6/c1-12-5-4-6-13(2)17(12)30-11-16(25)22-23-18(26)20(3,21-19(23)27)14-7-9-15(10-8-14)24(28)29/h4-10H,11H2,1-3H3,(H,21,27)(H,22,25)/t20-/m0/s1. The van der Waals surface area contributed by atoms with E-state index in [0.717, 1.165) is 11.1 Å². The third kappa shape index (κ3) is 3.79. The molecule has 30 heavy (non-hydrogen) atoms.